The van der Waals surface area contributed by atoms with Crippen LogP contribution in [0.25, 0.3) is 5.69 Å². The first-order valence-electron chi connectivity index (χ1n) is 9.07. The SMILES string of the molecule is CCC(c1nnc(SCc2ccccc2)n1-c1ccc(OC)cc1)N(C)C. The molecule has 0 aliphatic heterocycles. The summed E-state index contributed by atoms with van der Waals surface area (Å²) in [5.74, 6) is 2.66. The van der Waals surface area contributed by atoms with Gasteiger partial charge in [0.25, 0.3) is 0 Å². The molecule has 142 valence electrons. The molecule has 0 spiro atoms. The fourth-order valence-electron chi connectivity index (χ4n) is 3.07. The summed E-state index contributed by atoms with van der Waals surface area (Å²) < 4.78 is 7.47. The van der Waals surface area contributed by atoms with Crippen LogP contribution in [-0.2, 0) is 5.75 Å². The van der Waals surface area contributed by atoms with Crippen molar-refractivity contribution in [1.29, 1.82) is 0 Å². The molecular weight excluding hydrogens is 356 g/mol. The van der Waals surface area contributed by atoms with E-state index in [1.54, 1.807) is 18.9 Å². The Balaban J connectivity index is 1.98. The van der Waals surface area contributed by atoms with Crippen molar-refractivity contribution in [2.45, 2.75) is 30.3 Å². The lowest BCUT2D eigenvalue weighted by molar-refractivity contribution is 0.276. The Labute approximate surface area is 165 Å². The summed E-state index contributed by atoms with van der Waals surface area (Å²) >= 11 is 1.70. The van der Waals surface area contributed by atoms with Crippen LogP contribution in [0.4, 0.5) is 0 Å². The van der Waals surface area contributed by atoms with E-state index in [-0.39, 0.29) is 6.04 Å². The molecule has 0 aliphatic rings. The Morgan fingerprint density at radius 2 is 1.74 bits per heavy atom. The summed E-state index contributed by atoms with van der Waals surface area (Å²) in [6.45, 7) is 2.18. The standard InChI is InChI=1S/C21H26N4OS/c1-5-19(24(2)3)20-22-23-21(27-15-16-9-7-6-8-10-16)25(20)17-11-13-18(26-4)14-12-17/h6-14,19H,5,15H2,1-4H3. The van der Waals surface area contributed by atoms with Crippen LogP contribution in [-0.4, -0.2) is 40.9 Å². The van der Waals surface area contributed by atoms with Crippen LogP contribution in [0.15, 0.2) is 59.8 Å². The molecule has 27 heavy (non-hydrogen) atoms. The first-order valence-corrected chi connectivity index (χ1v) is 10.1. The molecule has 0 N–H and O–H groups in total. The minimum absolute atomic E-state index is 0.200. The molecule has 5 nitrogen and oxygen atoms in total. The van der Waals surface area contributed by atoms with Crippen LogP contribution in [0.2, 0.25) is 0 Å². The highest BCUT2D eigenvalue weighted by atomic mass is 32.2. The van der Waals surface area contributed by atoms with Gasteiger partial charge in [-0.3, -0.25) is 9.47 Å². The topological polar surface area (TPSA) is 43.2 Å². The fourth-order valence-corrected chi connectivity index (χ4v) is 3.98. The van der Waals surface area contributed by atoms with E-state index in [1.807, 2.05) is 18.2 Å². The van der Waals surface area contributed by atoms with Crippen molar-refractivity contribution >= 4 is 11.8 Å². The number of methoxy groups -OCH3 is 1. The number of aromatic nitrogens is 3. The molecule has 0 radical (unpaired) electrons. The van der Waals surface area contributed by atoms with Crippen LogP contribution >= 0.6 is 11.8 Å². The fraction of sp³-hybridized carbons (Fsp3) is 0.333. The van der Waals surface area contributed by atoms with E-state index in [0.717, 1.165) is 34.6 Å². The highest BCUT2D eigenvalue weighted by Gasteiger charge is 2.23. The smallest absolute Gasteiger partial charge is 0.196 e. The second-order valence-corrected chi connectivity index (χ2v) is 7.48. The van der Waals surface area contributed by atoms with E-state index in [0.29, 0.717) is 0 Å². The lowest BCUT2D eigenvalue weighted by Gasteiger charge is -2.23. The highest BCUT2D eigenvalue weighted by molar-refractivity contribution is 7.98. The molecule has 1 unspecified atom stereocenters. The number of thioether (sulfide) groups is 1. The van der Waals surface area contributed by atoms with E-state index in [9.17, 15) is 0 Å². The number of hydrogen-bond acceptors (Lipinski definition) is 5. The average molecular weight is 383 g/mol. The van der Waals surface area contributed by atoms with E-state index in [1.165, 1.54) is 5.56 Å². The van der Waals surface area contributed by atoms with E-state index in [4.69, 9.17) is 4.74 Å². The molecule has 0 amide bonds. The van der Waals surface area contributed by atoms with Crippen LogP contribution in [0.1, 0.15) is 30.8 Å². The van der Waals surface area contributed by atoms with Crippen molar-refractivity contribution in [3.8, 4) is 11.4 Å². The molecule has 0 saturated heterocycles. The molecule has 0 fully saturated rings. The monoisotopic (exact) mass is 382 g/mol. The third-order valence-corrected chi connectivity index (χ3v) is 5.51. The van der Waals surface area contributed by atoms with E-state index in [2.05, 4.69) is 77.1 Å². The van der Waals surface area contributed by atoms with Crippen LogP contribution < -0.4 is 4.74 Å². The van der Waals surface area contributed by atoms with Crippen molar-refractivity contribution < 1.29 is 4.74 Å². The quantitative estimate of drug-likeness (QED) is 0.534. The van der Waals surface area contributed by atoms with Gasteiger partial charge >= 0.3 is 0 Å². The normalized spacial score (nSPS) is 12.3. The third-order valence-electron chi connectivity index (χ3n) is 4.51. The van der Waals surface area contributed by atoms with Crippen LogP contribution in [0, 0.1) is 0 Å². The maximum absolute atomic E-state index is 5.31. The predicted molar refractivity (Wildman–Crippen MR) is 111 cm³/mol. The lowest BCUT2D eigenvalue weighted by atomic mass is 10.2. The van der Waals surface area contributed by atoms with E-state index >= 15 is 0 Å². The van der Waals surface area contributed by atoms with Gasteiger partial charge in [-0.15, -0.1) is 10.2 Å². The average Bonchev–Trinajstić information content (AvgIpc) is 3.11. The first-order chi connectivity index (χ1) is 13.1. The molecule has 0 bridgehead atoms. The molecule has 3 aromatic rings. The number of benzene rings is 2. The molecule has 3 rings (SSSR count). The molecule has 1 aromatic heterocycles. The molecular formula is C21H26N4OS. The second kappa shape index (κ2) is 9.06. The van der Waals surface area contributed by atoms with Crippen molar-refractivity contribution in [3.05, 3.63) is 66.0 Å². The third kappa shape index (κ3) is 4.51. The zero-order valence-corrected chi connectivity index (χ0v) is 17.1. The maximum Gasteiger partial charge on any atom is 0.196 e. The number of ether oxygens (including phenoxy) is 1. The molecule has 1 heterocycles. The summed E-state index contributed by atoms with van der Waals surface area (Å²) in [7, 11) is 5.84. The highest BCUT2D eigenvalue weighted by Crippen LogP contribution is 2.30. The molecule has 0 aliphatic carbocycles. The molecule has 0 saturated carbocycles. The summed E-state index contributed by atoms with van der Waals surface area (Å²) in [4.78, 5) is 2.19. The summed E-state index contributed by atoms with van der Waals surface area (Å²) in [6, 6.07) is 18.7. The Bertz CT molecular complexity index is 846. The minimum atomic E-state index is 0.200. The Hall–Kier alpha value is -2.31. The summed E-state index contributed by atoms with van der Waals surface area (Å²) in [5, 5.41) is 9.98. The van der Waals surface area contributed by atoms with Crippen molar-refractivity contribution in [2.75, 3.05) is 21.2 Å². The van der Waals surface area contributed by atoms with Gasteiger partial charge in [-0.25, -0.2) is 0 Å². The van der Waals surface area contributed by atoms with Gasteiger partial charge in [0.15, 0.2) is 11.0 Å². The zero-order chi connectivity index (χ0) is 19.2. The van der Waals surface area contributed by atoms with Crippen molar-refractivity contribution in [2.24, 2.45) is 0 Å². The second-order valence-electron chi connectivity index (χ2n) is 6.54. The van der Waals surface area contributed by atoms with Crippen LogP contribution in [0.5, 0.6) is 5.75 Å². The van der Waals surface area contributed by atoms with Gasteiger partial charge in [-0.2, -0.15) is 0 Å². The van der Waals surface area contributed by atoms with Gasteiger partial charge in [0.1, 0.15) is 5.75 Å². The van der Waals surface area contributed by atoms with Gasteiger partial charge in [-0.05, 0) is 50.3 Å². The Morgan fingerprint density at radius 3 is 2.33 bits per heavy atom. The largest absolute Gasteiger partial charge is 0.497 e. The molecule has 2 aromatic carbocycles. The lowest BCUT2D eigenvalue weighted by Crippen LogP contribution is -2.22. The first kappa shape index (κ1) is 19.5. The van der Waals surface area contributed by atoms with Crippen LogP contribution in [0.3, 0.4) is 0 Å². The summed E-state index contributed by atoms with van der Waals surface area (Å²) in [6.07, 6.45) is 0.963. The molecule has 1 atom stereocenters. The summed E-state index contributed by atoms with van der Waals surface area (Å²) in [5.41, 5.74) is 2.32. The van der Waals surface area contributed by atoms with Gasteiger partial charge in [0, 0.05) is 11.4 Å². The van der Waals surface area contributed by atoms with Gasteiger partial charge in [0.2, 0.25) is 0 Å². The Kier molecular flexibility index (Phi) is 6.53. The number of nitrogens with zero attached hydrogens (tertiary/aromatic N) is 4. The minimum Gasteiger partial charge on any atom is -0.497 e. The number of rotatable bonds is 8. The Morgan fingerprint density at radius 1 is 1.04 bits per heavy atom. The van der Waals surface area contributed by atoms with Gasteiger partial charge < -0.3 is 4.74 Å². The predicted octanol–water partition coefficient (Wildman–Crippen LogP) is 4.58. The number of hydrogen-bond donors (Lipinski definition) is 0. The maximum atomic E-state index is 5.31. The zero-order valence-electron chi connectivity index (χ0n) is 16.3. The van der Waals surface area contributed by atoms with Gasteiger partial charge in [-0.1, -0.05) is 49.0 Å². The van der Waals surface area contributed by atoms with E-state index < -0.39 is 0 Å². The van der Waals surface area contributed by atoms with Crippen molar-refractivity contribution in [1.82, 2.24) is 19.7 Å². The van der Waals surface area contributed by atoms with Crippen molar-refractivity contribution in [3.63, 3.8) is 0 Å². The molecule has 6 heteroatoms. The van der Waals surface area contributed by atoms with Gasteiger partial charge in [0.05, 0.1) is 13.2 Å².